The fourth-order valence-corrected chi connectivity index (χ4v) is 1.07. The molecule has 0 aliphatic rings. The molecule has 0 amide bonds. The minimum absolute atomic E-state index is 0.287. The second kappa shape index (κ2) is 3.11. The summed E-state index contributed by atoms with van der Waals surface area (Å²) in [4.78, 5) is 0. The van der Waals surface area contributed by atoms with Crippen molar-refractivity contribution in [1.82, 2.24) is 0 Å². The molecule has 0 radical (unpaired) electrons. The molecule has 0 heterocycles. The number of rotatable bonds is 1. The standard InChI is InChI=1S/C9H13FN2/c1-5-8(12)4-3-7(6(2)11)9(5)10/h3-4,6H,11-12H2,1-2H3/t6-/m0/s1. The van der Waals surface area contributed by atoms with Crippen LogP contribution in [0.15, 0.2) is 12.1 Å². The molecule has 0 aromatic heterocycles. The first-order valence-corrected chi connectivity index (χ1v) is 3.84. The average Bonchev–Trinajstić information content (AvgIpc) is 2.00. The van der Waals surface area contributed by atoms with Crippen molar-refractivity contribution in [2.45, 2.75) is 19.9 Å². The van der Waals surface area contributed by atoms with Gasteiger partial charge in [0.05, 0.1) is 0 Å². The van der Waals surface area contributed by atoms with Gasteiger partial charge in [0.1, 0.15) is 5.82 Å². The molecule has 0 fully saturated rings. The molecule has 1 aromatic carbocycles. The van der Waals surface area contributed by atoms with Crippen molar-refractivity contribution >= 4 is 5.69 Å². The van der Waals surface area contributed by atoms with Gasteiger partial charge in [-0.3, -0.25) is 0 Å². The summed E-state index contributed by atoms with van der Waals surface area (Å²) < 4.78 is 13.4. The van der Waals surface area contributed by atoms with E-state index < -0.39 is 0 Å². The predicted molar refractivity (Wildman–Crippen MR) is 48.2 cm³/mol. The number of halogens is 1. The summed E-state index contributed by atoms with van der Waals surface area (Å²) in [5, 5.41) is 0. The van der Waals surface area contributed by atoms with Crippen LogP contribution >= 0.6 is 0 Å². The van der Waals surface area contributed by atoms with E-state index in [-0.39, 0.29) is 11.9 Å². The maximum Gasteiger partial charge on any atom is 0.132 e. The smallest absolute Gasteiger partial charge is 0.132 e. The van der Waals surface area contributed by atoms with Crippen molar-refractivity contribution < 1.29 is 4.39 Å². The van der Waals surface area contributed by atoms with E-state index in [1.807, 2.05) is 0 Å². The summed E-state index contributed by atoms with van der Waals surface area (Å²) in [6.07, 6.45) is 0. The van der Waals surface area contributed by atoms with Crippen LogP contribution in [0.3, 0.4) is 0 Å². The lowest BCUT2D eigenvalue weighted by Gasteiger charge is -2.10. The van der Waals surface area contributed by atoms with Crippen molar-refractivity contribution in [2.24, 2.45) is 5.73 Å². The summed E-state index contributed by atoms with van der Waals surface area (Å²) >= 11 is 0. The predicted octanol–water partition coefficient (Wildman–Crippen LogP) is 1.74. The van der Waals surface area contributed by atoms with Gasteiger partial charge in [0.25, 0.3) is 0 Å². The fraction of sp³-hybridized carbons (Fsp3) is 0.333. The zero-order valence-electron chi connectivity index (χ0n) is 7.26. The molecule has 66 valence electrons. The van der Waals surface area contributed by atoms with Crippen molar-refractivity contribution in [1.29, 1.82) is 0 Å². The molecule has 0 unspecified atom stereocenters. The van der Waals surface area contributed by atoms with Gasteiger partial charge in [0, 0.05) is 22.9 Å². The lowest BCUT2D eigenvalue weighted by molar-refractivity contribution is 0.586. The van der Waals surface area contributed by atoms with E-state index in [4.69, 9.17) is 11.5 Å². The molecule has 0 bridgehead atoms. The van der Waals surface area contributed by atoms with Gasteiger partial charge in [0.15, 0.2) is 0 Å². The molecule has 0 saturated carbocycles. The molecule has 0 spiro atoms. The summed E-state index contributed by atoms with van der Waals surface area (Å²) in [5.41, 5.74) is 12.5. The molecule has 1 rings (SSSR count). The van der Waals surface area contributed by atoms with Crippen LogP contribution in [0, 0.1) is 12.7 Å². The normalized spacial score (nSPS) is 13.0. The number of nitrogen functional groups attached to an aromatic ring is 1. The third kappa shape index (κ3) is 1.41. The van der Waals surface area contributed by atoms with E-state index in [2.05, 4.69) is 0 Å². The first-order chi connectivity index (χ1) is 5.54. The Kier molecular flexibility index (Phi) is 2.33. The topological polar surface area (TPSA) is 52.0 Å². The molecule has 0 saturated heterocycles. The van der Waals surface area contributed by atoms with Crippen molar-refractivity contribution in [3.05, 3.63) is 29.1 Å². The molecule has 0 aliphatic carbocycles. The molecule has 4 N–H and O–H groups in total. The summed E-state index contributed by atoms with van der Waals surface area (Å²) in [7, 11) is 0. The van der Waals surface area contributed by atoms with Gasteiger partial charge in [-0.05, 0) is 19.9 Å². The number of hydrogen-bond acceptors (Lipinski definition) is 2. The first kappa shape index (κ1) is 9.00. The molecule has 0 aliphatic heterocycles. The third-order valence-electron chi connectivity index (χ3n) is 1.95. The highest BCUT2D eigenvalue weighted by Crippen LogP contribution is 2.22. The van der Waals surface area contributed by atoms with Gasteiger partial charge in [-0.1, -0.05) is 6.07 Å². The van der Waals surface area contributed by atoms with Crippen molar-refractivity contribution in [3.8, 4) is 0 Å². The van der Waals surface area contributed by atoms with E-state index >= 15 is 0 Å². The molecule has 3 heteroatoms. The van der Waals surface area contributed by atoms with Gasteiger partial charge in [0.2, 0.25) is 0 Å². The number of hydrogen-bond donors (Lipinski definition) is 2. The molecule has 12 heavy (non-hydrogen) atoms. The van der Waals surface area contributed by atoms with Gasteiger partial charge in [-0.15, -0.1) is 0 Å². The van der Waals surface area contributed by atoms with Gasteiger partial charge in [-0.25, -0.2) is 4.39 Å². The summed E-state index contributed by atoms with van der Waals surface area (Å²) in [6, 6.07) is 3.02. The number of anilines is 1. The minimum atomic E-state index is -0.288. The minimum Gasteiger partial charge on any atom is -0.398 e. The fourth-order valence-electron chi connectivity index (χ4n) is 1.07. The lowest BCUT2D eigenvalue weighted by Crippen LogP contribution is -2.09. The maximum atomic E-state index is 13.4. The quantitative estimate of drug-likeness (QED) is 0.627. The van der Waals surface area contributed by atoms with Gasteiger partial charge in [-0.2, -0.15) is 0 Å². The monoisotopic (exact) mass is 168 g/mol. The van der Waals surface area contributed by atoms with Crippen LogP contribution < -0.4 is 11.5 Å². The SMILES string of the molecule is Cc1c(N)ccc([C@H](C)N)c1F. The first-order valence-electron chi connectivity index (χ1n) is 3.84. The van der Waals surface area contributed by atoms with E-state index in [1.54, 1.807) is 26.0 Å². The molecule has 1 atom stereocenters. The second-order valence-corrected chi connectivity index (χ2v) is 2.97. The zero-order chi connectivity index (χ0) is 9.30. The highest BCUT2D eigenvalue weighted by molar-refractivity contribution is 5.49. The summed E-state index contributed by atoms with van der Waals surface area (Å²) in [5.74, 6) is -0.287. The van der Waals surface area contributed by atoms with Crippen LogP contribution in [0.2, 0.25) is 0 Å². The lowest BCUT2D eigenvalue weighted by atomic mass is 10.0. The second-order valence-electron chi connectivity index (χ2n) is 2.97. The average molecular weight is 168 g/mol. The molecule has 2 nitrogen and oxygen atoms in total. The van der Waals surface area contributed by atoms with Crippen molar-refractivity contribution in [3.63, 3.8) is 0 Å². The van der Waals surface area contributed by atoms with E-state index in [0.717, 1.165) is 0 Å². The Morgan fingerprint density at radius 3 is 2.50 bits per heavy atom. The third-order valence-corrected chi connectivity index (χ3v) is 1.95. The van der Waals surface area contributed by atoms with Crippen LogP contribution in [-0.2, 0) is 0 Å². The summed E-state index contributed by atoms with van der Waals surface area (Å²) in [6.45, 7) is 3.39. The highest BCUT2D eigenvalue weighted by Gasteiger charge is 2.10. The Balaban J connectivity index is 3.27. The highest BCUT2D eigenvalue weighted by atomic mass is 19.1. The maximum absolute atomic E-state index is 13.4. The van der Waals surface area contributed by atoms with E-state index in [9.17, 15) is 4.39 Å². The van der Waals surface area contributed by atoms with Crippen LogP contribution in [0.1, 0.15) is 24.1 Å². The van der Waals surface area contributed by atoms with Crippen LogP contribution in [0.4, 0.5) is 10.1 Å². The largest absolute Gasteiger partial charge is 0.398 e. The molecular weight excluding hydrogens is 155 g/mol. The number of benzene rings is 1. The number of nitrogens with two attached hydrogens (primary N) is 2. The Morgan fingerprint density at radius 2 is 2.00 bits per heavy atom. The van der Waals surface area contributed by atoms with Gasteiger partial charge >= 0.3 is 0 Å². The zero-order valence-corrected chi connectivity index (χ0v) is 7.26. The Morgan fingerprint density at radius 1 is 1.42 bits per heavy atom. The van der Waals surface area contributed by atoms with E-state index in [1.165, 1.54) is 0 Å². The molecular formula is C9H13FN2. The van der Waals surface area contributed by atoms with Crippen molar-refractivity contribution in [2.75, 3.05) is 5.73 Å². The Labute approximate surface area is 71.4 Å². The van der Waals surface area contributed by atoms with Gasteiger partial charge < -0.3 is 11.5 Å². The Hall–Kier alpha value is -1.09. The van der Waals surface area contributed by atoms with Crippen LogP contribution in [-0.4, -0.2) is 0 Å². The molecule has 1 aromatic rings. The van der Waals surface area contributed by atoms with E-state index in [0.29, 0.717) is 16.8 Å². The van der Waals surface area contributed by atoms with Crippen LogP contribution in [0.5, 0.6) is 0 Å². The Bertz CT molecular complexity index is 295. The van der Waals surface area contributed by atoms with Crippen LogP contribution in [0.25, 0.3) is 0 Å².